The van der Waals surface area contributed by atoms with Gasteiger partial charge in [-0.1, -0.05) is 34.2 Å². The molecular weight excluding hydrogens is 296 g/mol. The van der Waals surface area contributed by atoms with Gasteiger partial charge < -0.3 is 14.3 Å². The van der Waals surface area contributed by atoms with Crippen LogP contribution >= 0.6 is 21.6 Å². The summed E-state index contributed by atoms with van der Waals surface area (Å²) in [4.78, 5) is 22.1. The lowest BCUT2D eigenvalue weighted by Crippen LogP contribution is -2.10. The summed E-state index contributed by atoms with van der Waals surface area (Å²) in [5.41, 5.74) is 0.502. The third-order valence-electron chi connectivity index (χ3n) is 2.37. The lowest BCUT2D eigenvalue weighted by molar-refractivity contribution is -0.113. The number of carbonyl (C=O) groups is 2. The topological polar surface area (TPSA) is 52.6 Å². The Bertz CT molecular complexity index is 389. The first-order chi connectivity index (χ1) is 9.60. The summed E-state index contributed by atoms with van der Waals surface area (Å²) in [5.74, 6) is 1.26. The van der Waals surface area contributed by atoms with Crippen molar-refractivity contribution in [1.82, 2.24) is 0 Å². The quantitative estimate of drug-likeness (QED) is 0.146. The van der Waals surface area contributed by atoms with E-state index in [4.69, 9.17) is 9.47 Å². The van der Waals surface area contributed by atoms with E-state index in [1.807, 2.05) is 6.92 Å². The van der Waals surface area contributed by atoms with Gasteiger partial charge in [0.15, 0.2) is 5.78 Å². The highest BCUT2D eigenvalue weighted by atomic mass is 33.1. The van der Waals surface area contributed by atoms with E-state index in [1.165, 1.54) is 27.7 Å². The molecule has 1 atom stereocenters. The van der Waals surface area contributed by atoms with E-state index in [1.54, 1.807) is 26.4 Å². The third-order valence-corrected chi connectivity index (χ3v) is 4.45. The van der Waals surface area contributed by atoms with Crippen molar-refractivity contribution >= 4 is 33.7 Å². The number of allylic oxidation sites excluding steroid dienone is 4. The zero-order chi connectivity index (χ0) is 15.4. The molecule has 0 aromatic heterocycles. The zero-order valence-corrected chi connectivity index (χ0v) is 13.6. The Kier molecular flexibility index (Phi) is 11.2. The van der Waals surface area contributed by atoms with Crippen molar-refractivity contribution in [3.63, 3.8) is 0 Å². The van der Waals surface area contributed by atoms with Crippen LogP contribution in [0.3, 0.4) is 0 Å². The van der Waals surface area contributed by atoms with Gasteiger partial charge in [-0.3, -0.25) is 4.79 Å². The first kappa shape index (κ1) is 19.0. The van der Waals surface area contributed by atoms with Gasteiger partial charge in [0.2, 0.25) is 0 Å². The molecule has 0 spiro atoms. The lowest BCUT2D eigenvalue weighted by Gasteiger charge is -2.12. The van der Waals surface area contributed by atoms with Crippen molar-refractivity contribution in [2.24, 2.45) is 0 Å². The van der Waals surface area contributed by atoms with Crippen molar-refractivity contribution in [1.29, 1.82) is 0 Å². The molecule has 0 bridgehead atoms. The fourth-order valence-electron chi connectivity index (χ4n) is 1.19. The third kappa shape index (κ3) is 7.57. The number of rotatable bonds is 11. The van der Waals surface area contributed by atoms with Crippen LogP contribution in [0.2, 0.25) is 0 Å². The van der Waals surface area contributed by atoms with Crippen LogP contribution in [-0.4, -0.2) is 43.9 Å². The number of aldehydes is 1. The number of ether oxygens (including phenoxy) is 2. The van der Waals surface area contributed by atoms with E-state index in [9.17, 15) is 9.59 Å². The minimum absolute atomic E-state index is 0.0415. The molecule has 1 unspecified atom stereocenters. The average molecular weight is 316 g/mol. The molecule has 0 amide bonds. The Morgan fingerprint density at radius 3 is 2.50 bits per heavy atom. The summed E-state index contributed by atoms with van der Waals surface area (Å²) in [7, 11) is 5.84. The van der Waals surface area contributed by atoms with E-state index >= 15 is 0 Å². The molecule has 0 aliphatic rings. The van der Waals surface area contributed by atoms with Crippen LogP contribution in [-0.2, 0) is 19.1 Å². The Labute approximate surface area is 128 Å². The predicted molar refractivity (Wildman–Crippen MR) is 85.8 cm³/mol. The van der Waals surface area contributed by atoms with Gasteiger partial charge in [-0.2, -0.15) is 0 Å². The Morgan fingerprint density at radius 1 is 1.30 bits per heavy atom. The molecule has 0 heterocycles. The molecular formula is C14H20O4S2. The summed E-state index contributed by atoms with van der Waals surface area (Å²) in [5, 5.41) is 0. The van der Waals surface area contributed by atoms with Gasteiger partial charge in [0.25, 0.3) is 0 Å². The predicted octanol–water partition coefficient (Wildman–Crippen LogP) is 2.81. The van der Waals surface area contributed by atoms with E-state index in [-0.39, 0.29) is 11.9 Å². The van der Waals surface area contributed by atoms with Crippen LogP contribution in [0.5, 0.6) is 0 Å². The molecule has 0 saturated carbocycles. The molecule has 0 saturated heterocycles. The number of hydrogen-bond acceptors (Lipinski definition) is 6. The van der Waals surface area contributed by atoms with Gasteiger partial charge >= 0.3 is 0 Å². The number of Topliss-reactive ketones (excluding diaryl/α,β-unsaturated/α-hetero) is 1. The van der Waals surface area contributed by atoms with E-state index in [0.717, 1.165) is 6.29 Å². The van der Waals surface area contributed by atoms with Gasteiger partial charge in [0.05, 0.1) is 18.6 Å². The van der Waals surface area contributed by atoms with E-state index < -0.39 is 0 Å². The van der Waals surface area contributed by atoms with Crippen LogP contribution in [0.1, 0.15) is 6.92 Å². The second kappa shape index (κ2) is 11.8. The maximum absolute atomic E-state index is 11.9. The van der Waals surface area contributed by atoms with E-state index in [0.29, 0.717) is 22.8 Å². The van der Waals surface area contributed by atoms with Crippen molar-refractivity contribution in [2.75, 3.05) is 25.7 Å². The fraction of sp³-hybridized carbons (Fsp3) is 0.429. The Morgan fingerprint density at radius 2 is 2.00 bits per heavy atom. The van der Waals surface area contributed by atoms with Gasteiger partial charge in [-0.15, -0.1) is 0 Å². The standard InChI is InChI=1S/C14H20O4S2/c1-5-12(13(16)10-20-19-9-8-15)6-7-14(18-4)11(2)17-3/h5-8,11H,1,9-10H2,2-4H3/b12-6+,14-7+. The summed E-state index contributed by atoms with van der Waals surface area (Å²) >= 11 is 0. The van der Waals surface area contributed by atoms with Crippen molar-refractivity contribution < 1.29 is 19.1 Å². The molecule has 112 valence electrons. The summed E-state index contributed by atoms with van der Waals surface area (Å²) < 4.78 is 10.3. The summed E-state index contributed by atoms with van der Waals surface area (Å²) in [6.07, 6.45) is 5.50. The lowest BCUT2D eigenvalue weighted by atomic mass is 10.1. The van der Waals surface area contributed by atoms with Gasteiger partial charge in [-0.25, -0.2) is 0 Å². The number of ketones is 1. The molecule has 0 rings (SSSR count). The molecule has 0 aliphatic heterocycles. The largest absolute Gasteiger partial charge is 0.498 e. The maximum Gasteiger partial charge on any atom is 0.173 e. The molecule has 0 fully saturated rings. The summed E-state index contributed by atoms with van der Waals surface area (Å²) in [6.45, 7) is 5.48. The maximum atomic E-state index is 11.9. The minimum Gasteiger partial charge on any atom is -0.498 e. The smallest absolute Gasteiger partial charge is 0.173 e. The number of methoxy groups -OCH3 is 2. The second-order valence-corrected chi connectivity index (χ2v) is 6.12. The molecule has 0 aliphatic carbocycles. The Hall–Kier alpha value is -0.980. The van der Waals surface area contributed by atoms with Gasteiger partial charge in [0, 0.05) is 12.7 Å². The second-order valence-electron chi connectivity index (χ2n) is 3.61. The first-order valence-electron chi connectivity index (χ1n) is 5.93. The average Bonchev–Trinajstić information content (AvgIpc) is 2.47. The molecule has 20 heavy (non-hydrogen) atoms. The highest BCUT2D eigenvalue weighted by molar-refractivity contribution is 8.77. The summed E-state index contributed by atoms with van der Waals surface area (Å²) in [6, 6.07) is 0. The zero-order valence-electron chi connectivity index (χ0n) is 12.0. The van der Waals surface area contributed by atoms with Gasteiger partial charge in [0.1, 0.15) is 18.1 Å². The van der Waals surface area contributed by atoms with Crippen LogP contribution in [0.4, 0.5) is 0 Å². The minimum atomic E-state index is -0.185. The number of hydrogen-bond donors (Lipinski definition) is 0. The van der Waals surface area contributed by atoms with Crippen LogP contribution in [0, 0.1) is 0 Å². The fourth-order valence-corrected chi connectivity index (χ4v) is 2.72. The molecule has 0 aromatic rings. The van der Waals surface area contributed by atoms with Crippen LogP contribution < -0.4 is 0 Å². The molecule has 4 nitrogen and oxygen atoms in total. The normalized spacial score (nSPS) is 13.8. The molecule has 0 N–H and O–H groups in total. The van der Waals surface area contributed by atoms with E-state index in [2.05, 4.69) is 6.58 Å². The number of carbonyl (C=O) groups excluding carboxylic acids is 2. The highest BCUT2D eigenvalue weighted by Crippen LogP contribution is 2.21. The molecule has 0 radical (unpaired) electrons. The van der Waals surface area contributed by atoms with Gasteiger partial charge in [-0.05, 0) is 19.1 Å². The van der Waals surface area contributed by atoms with Crippen LogP contribution in [0.15, 0.2) is 36.1 Å². The molecule has 0 aromatic carbocycles. The first-order valence-corrected chi connectivity index (χ1v) is 8.41. The Balaban J connectivity index is 4.67. The molecule has 6 heteroatoms. The van der Waals surface area contributed by atoms with Crippen LogP contribution in [0.25, 0.3) is 0 Å². The monoisotopic (exact) mass is 316 g/mol. The highest BCUT2D eigenvalue weighted by Gasteiger charge is 2.09. The van der Waals surface area contributed by atoms with Crippen molar-refractivity contribution in [3.05, 3.63) is 36.1 Å². The SMILES string of the molecule is C=C/C(=C\C=C(\OC)C(C)OC)C(=O)CSSCC=O. The van der Waals surface area contributed by atoms with Crippen molar-refractivity contribution in [3.8, 4) is 0 Å². The van der Waals surface area contributed by atoms with Crippen molar-refractivity contribution in [2.45, 2.75) is 13.0 Å².